The Balaban J connectivity index is 2.02. The van der Waals surface area contributed by atoms with E-state index in [1.54, 1.807) is 4.68 Å². The summed E-state index contributed by atoms with van der Waals surface area (Å²) in [7, 11) is 1.89. The van der Waals surface area contributed by atoms with Crippen LogP contribution in [0.4, 0.5) is 0 Å². The highest BCUT2D eigenvalue weighted by Crippen LogP contribution is 2.19. The van der Waals surface area contributed by atoms with Crippen LogP contribution in [-0.2, 0) is 13.6 Å². The molecule has 110 valence electrons. The molecule has 0 amide bonds. The smallest absolute Gasteiger partial charge is 0.102 e. The molecular formula is C15H25N5. The van der Waals surface area contributed by atoms with E-state index in [-0.39, 0.29) is 0 Å². The largest absolute Gasteiger partial charge is 0.348 e. The van der Waals surface area contributed by atoms with Crippen LogP contribution in [0.2, 0.25) is 0 Å². The first-order chi connectivity index (χ1) is 9.72. The molecule has 5 nitrogen and oxygen atoms in total. The van der Waals surface area contributed by atoms with Crippen molar-refractivity contribution in [3.8, 4) is 0 Å². The van der Waals surface area contributed by atoms with E-state index in [0.717, 1.165) is 18.8 Å². The molecule has 2 aromatic rings. The van der Waals surface area contributed by atoms with Gasteiger partial charge in [0.05, 0.1) is 6.54 Å². The van der Waals surface area contributed by atoms with E-state index < -0.39 is 0 Å². The van der Waals surface area contributed by atoms with Crippen LogP contribution in [0.1, 0.15) is 50.4 Å². The van der Waals surface area contributed by atoms with Crippen molar-refractivity contribution >= 4 is 0 Å². The zero-order chi connectivity index (χ0) is 14.4. The molecule has 0 saturated heterocycles. The fourth-order valence-electron chi connectivity index (χ4n) is 2.41. The summed E-state index contributed by atoms with van der Waals surface area (Å²) in [4.78, 5) is 0. The second-order valence-electron chi connectivity index (χ2n) is 5.30. The number of aryl methyl sites for hydroxylation is 1. The van der Waals surface area contributed by atoms with Gasteiger partial charge in [-0.1, -0.05) is 25.5 Å². The summed E-state index contributed by atoms with van der Waals surface area (Å²) in [6, 6.07) is 2.67. The average Bonchev–Trinajstić information content (AvgIpc) is 3.04. The summed E-state index contributed by atoms with van der Waals surface area (Å²) >= 11 is 0. The minimum absolute atomic E-state index is 0.461. The van der Waals surface area contributed by atoms with Crippen molar-refractivity contribution in [2.45, 2.75) is 45.7 Å². The zero-order valence-corrected chi connectivity index (χ0v) is 12.7. The maximum Gasteiger partial charge on any atom is 0.102 e. The number of nitrogens with one attached hydrogen (secondary N) is 1. The molecule has 0 aliphatic carbocycles. The Hall–Kier alpha value is -1.62. The van der Waals surface area contributed by atoms with Crippen LogP contribution >= 0.6 is 0 Å². The highest BCUT2D eigenvalue weighted by Gasteiger charge is 2.11. The van der Waals surface area contributed by atoms with Gasteiger partial charge in [-0.25, -0.2) is 0 Å². The van der Waals surface area contributed by atoms with Crippen LogP contribution in [-0.4, -0.2) is 26.1 Å². The molecule has 2 heterocycles. The standard InChI is InChI=1S/C15H25N5/c1-4-6-15(16-8-5-2)13-7-9-20(10-13)12-14-11-19(3)18-17-14/h7,9-11,15-16H,4-6,8,12H2,1-3H3. The Morgan fingerprint density at radius 2 is 2.10 bits per heavy atom. The SMILES string of the molecule is CCCNC(CCC)c1ccn(Cc2cn(C)nn2)c1. The normalized spacial score (nSPS) is 12.8. The first-order valence-electron chi connectivity index (χ1n) is 7.47. The second-order valence-corrected chi connectivity index (χ2v) is 5.30. The van der Waals surface area contributed by atoms with E-state index in [1.165, 1.54) is 24.8 Å². The molecule has 5 heteroatoms. The molecule has 0 bridgehead atoms. The molecule has 0 radical (unpaired) electrons. The van der Waals surface area contributed by atoms with E-state index in [9.17, 15) is 0 Å². The van der Waals surface area contributed by atoms with Gasteiger partial charge in [0.25, 0.3) is 0 Å². The highest BCUT2D eigenvalue weighted by molar-refractivity contribution is 5.16. The zero-order valence-electron chi connectivity index (χ0n) is 12.7. The Bertz CT molecular complexity index is 514. The maximum absolute atomic E-state index is 4.13. The van der Waals surface area contributed by atoms with Crippen molar-refractivity contribution < 1.29 is 0 Å². The molecule has 2 rings (SSSR count). The van der Waals surface area contributed by atoms with Gasteiger partial charge in [0.2, 0.25) is 0 Å². The fourth-order valence-corrected chi connectivity index (χ4v) is 2.41. The lowest BCUT2D eigenvalue weighted by molar-refractivity contribution is 0.493. The lowest BCUT2D eigenvalue weighted by Gasteiger charge is -2.16. The van der Waals surface area contributed by atoms with Crippen LogP contribution in [0.25, 0.3) is 0 Å². The lowest BCUT2D eigenvalue weighted by atomic mass is 10.1. The van der Waals surface area contributed by atoms with Gasteiger partial charge in [-0.15, -0.1) is 5.10 Å². The van der Waals surface area contributed by atoms with Crippen LogP contribution < -0.4 is 5.32 Å². The molecule has 1 unspecified atom stereocenters. The summed E-state index contributed by atoms with van der Waals surface area (Å²) in [5, 5.41) is 11.7. The third-order valence-electron chi connectivity index (χ3n) is 3.39. The Kier molecular flexibility index (Phi) is 5.35. The van der Waals surface area contributed by atoms with Crippen LogP contribution in [0.3, 0.4) is 0 Å². The van der Waals surface area contributed by atoms with E-state index in [1.807, 2.05) is 13.2 Å². The summed E-state index contributed by atoms with van der Waals surface area (Å²) in [5.74, 6) is 0. The molecule has 2 aromatic heterocycles. The highest BCUT2D eigenvalue weighted by atomic mass is 15.4. The Labute approximate surface area is 121 Å². The van der Waals surface area contributed by atoms with E-state index in [0.29, 0.717) is 6.04 Å². The van der Waals surface area contributed by atoms with Gasteiger partial charge in [0.1, 0.15) is 5.69 Å². The van der Waals surface area contributed by atoms with Crippen molar-refractivity contribution in [3.63, 3.8) is 0 Å². The third kappa shape index (κ3) is 3.93. The number of rotatable bonds is 8. The molecule has 1 atom stereocenters. The molecule has 0 spiro atoms. The first kappa shape index (κ1) is 14.8. The van der Waals surface area contributed by atoms with Gasteiger partial charge in [-0.3, -0.25) is 4.68 Å². The van der Waals surface area contributed by atoms with E-state index >= 15 is 0 Å². The summed E-state index contributed by atoms with van der Waals surface area (Å²) in [5.41, 5.74) is 2.35. The van der Waals surface area contributed by atoms with Crippen molar-refractivity contribution in [1.82, 2.24) is 24.9 Å². The molecule has 0 aromatic carbocycles. The molecule has 0 saturated carbocycles. The minimum Gasteiger partial charge on any atom is -0.348 e. The molecular weight excluding hydrogens is 250 g/mol. The fraction of sp³-hybridized carbons (Fsp3) is 0.600. The monoisotopic (exact) mass is 275 g/mol. The van der Waals surface area contributed by atoms with Gasteiger partial charge in [-0.2, -0.15) is 0 Å². The predicted molar refractivity (Wildman–Crippen MR) is 80.5 cm³/mol. The average molecular weight is 275 g/mol. The maximum atomic E-state index is 4.13. The van der Waals surface area contributed by atoms with E-state index in [2.05, 4.69) is 52.5 Å². The molecule has 0 aliphatic heterocycles. The van der Waals surface area contributed by atoms with Crippen LogP contribution in [0, 0.1) is 0 Å². The predicted octanol–water partition coefficient (Wildman–Crippen LogP) is 2.51. The van der Waals surface area contributed by atoms with Crippen LogP contribution in [0.15, 0.2) is 24.7 Å². The molecule has 0 aliphatic rings. The molecule has 1 N–H and O–H groups in total. The van der Waals surface area contributed by atoms with Gasteiger partial charge in [-0.05, 0) is 31.0 Å². The lowest BCUT2D eigenvalue weighted by Crippen LogP contribution is -2.21. The summed E-state index contributed by atoms with van der Waals surface area (Å²) in [6.45, 7) is 6.28. The Morgan fingerprint density at radius 1 is 1.25 bits per heavy atom. The van der Waals surface area contributed by atoms with Gasteiger partial charge in [0.15, 0.2) is 0 Å². The van der Waals surface area contributed by atoms with Crippen molar-refractivity contribution in [2.75, 3.05) is 6.54 Å². The molecule has 0 fully saturated rings. The second kappa shape index (κ2) is 7.24. The summed E-state index contributed by atoms with van der Waals surface area (Å²) < 4.78 is 3.91. The minimum atomic E-state index is 0.461. The topological polar surface area (TPSA) is 47.7 Å². The quantitative estimate of drug-likeness (QED) is 0.805. The number of nitrogens with zero attached hydrogens (tertiary/aromatic N) is 4. The van der Waals surface area contributed by atoms with Gasteiger partial charge >= 0.3 is 0 Å². The van der Waals surface area contributed by atoms with Crippen molar-refractivity contribution in [3.05, 3.63) is 35.9 Å². The van der Waals surface area contributed by atoms with Gasteiger partial charge < -0.3 is 9.88 Å². The first-order valence-corrected chi connectivity index (χ1v) is 7.47. The van der Waals surface area contributed by atoms with Crippen molar-refractivity contribution in [1.29, 1.82) is 0 Å². The molecule has 20 heavy (non-hydrogen) atoms. The van der Waals surface area contributed by atoms with E-state index in [4.69, 9.17) is 0 Å². The number of aromatic nitrogens is 4. The third-order valence-corrected chi connectivity index (χ3v) is 3.39. The number of hydrogen-bond acceptors (Lipinski definition) is 3. The van der Waals surface area contributed by atoms with Crippen molar-refractivity contribution in [2.24, 2.45) is 7.05 Å². The number of hydrogen-bond donors (Lipinski definition) is 1. The van der Waals surface area contributed by atoms with Gasteiger partial charge in [0, 0.05) is 31.7 Å². The summed E-state index contributed by atoms with van der Waals surface area (Å²) in [6.07, 6.45) is 9.84. The Morgan fingerprint density at radius 3 is 2.75 bits per heavy atom. The van der Waals surface area contributed by atoms with Crippen LogP contribution in [0.5, 0.6) is 0 Å².